The van der Waals surface area contributed by atoms with Crippen molar-refractivity contribution in [2.45, 2.75) is 6.04 Å². The van der Waals surface area contributed by atoms with Gasteiger partial charge in [0.2, 0.25) is 0 Å². The normalized spacial score (nSPS) is 20.3. The van der Waals surface area contributed by atoms with Crippen molar-refractivity contribution in [1.82, 2.24) is 15.5 Å². The summed E-state index contributed by atoms with van der Waals surface area (Å²) in [4.78, 5) is 25.9. The van der Waals surface area contributed by atoms with E-state index in [4.69, 9.17) is 9.84 Å². The molecule has 8 heteroatoms. The average molecular weight is 319 g/mol. The first-order chi connectivity index (χ1) is 11.0. The Labute approximate surface area is 132 Å². The van der Waals surface area contributed by atoms with Crippen LogP contribution in [0.3, 0.4) is 0 Å². The summed E-state index contributed by atoms with van der Waals surface area (Å²) in [5.41, 5.74) is 1.59. The zero-order valence-electron chi connectivity index (χ0n) is 12.5. The van der Waals surface area contributed by atoms with Gasteiger partial charge < -0.3 is 30.5 Å². The lowest BCUT2D eigenvalue weighted by atomic mass is 9.96. The number of nitrogens with one attached hydrogen (secondary N) is 2. The Morgan fingerprint density at radius 3 is 2.87 bits per heavy atom. The summed E-state index contributed by atoms with van der Waals surface area (Å²) in [7, 11) is 1.42. The molecule has 1 aromatic rings. The van der Waals surface area contributed by atoms with Crippen molar-refractivity contribution in [3.05, 3.63) is 35.0 Å². The number of carbonyl (C=O) groups is 2. The lowest BCUT2D eigenvalue weighted by Gasteiger charge is -2.26. The van der Waals surface area contributed by atoms with E-state index in [-0.39, 0.29) is 37.1 Å². The highest BCUT2D eigenvalue weighted by molar-refractivity contribution is 6.01. The molecule has 1 aromatic carbocycles. The van der Waals surface area contributed by atoms with E-state index in [1.54, 1.807) is 12.1 Å². The maximum atomic E-state index is 12.5. The summed E-state index contributed by atoms with van der Waals surface area (Å²) < 4.78 is 5.08. The van der Waals surface area contributed by atoms with E-state index < -0.39 is 12.1 Å². The smallest absolute Gasteiger partial charge is 0.319 e. The van der Waals surface area contributed by atoms with Gasteiger partial charge in [-0.3, -0.25) is 4.79 Å². The predicted molar refractivity (Wildman–Crippen MR) is 79.8 cm³/mol. The summed E-state index contributed by atoms with van der Waals surface area (Å²) >= 11 is 0. The minimum atomic E-state index is -0.635. The van der Waals surface area contributed by atoms with Crippen LogP contribution in [0.2, 0.25) is 0 Å². The van der Waals surface area contributed by atoms with E-state index >= 15 is 0 Å². The Hall–Kier alpha value is -2.74. The van der Waals surface area contributed by atoms with Gasteiger partial charge in [-0.25, -0.2) is 4.79 Å². The molecule has 0 aliphatic carbocycles. The molecule has 0 unspecified atom stereocenters. The lowest BCUT2D eigenvalue weighted by molar-refractivity contribution is -0.126. The standard InChI is InChI=1S/C15H17N3O5/c1-23-11-6-8(2-3-10(11)20)13-12-9(16-15(22)17-13)7-18(4-5-19)14(12)21/h2-3,6,13,19-20H,4-5,7H2,1H3,(H2,16,17,22)/t13-/m0/s1. The molecule has 2 heterocycles. The van der Waals surface area contributed by atoms with E-state index in [0.29, 0.717) is 16.8 Å². The van der Waals surface area contributed by atoms with Crippen molar-refractivity contribution in [3.63, 3.8) is 0 Å². The molecular formula is C15H17N3O5. The molecule has 0 saturated heterocycles. The van der Waals surface area contributed by atoms with Crippen LogP contribution < -0.4 is 15.4 Å². The number of methoxy groups -OCH3 is 1. The summed E-state index contributed by atoms with van der Waals surface area (Å²) in [5, 5.41) is 24.1. The molecule has 3 rings (SSSR count). The Balaban J connectivity index is 1.99. The van der Waals surface area contributed by atoms with Crippen molar-refractivity contribution in [1.29, 1.82) is 0 Å². The van der Waals surface area contributed by atoms with Crippen molar-refractivity contribution < 1.29 is 24.5 Å². The number of benzene rings is 1. The first-order valence-electron chi connectivity index (χ1n) is 7.12. The van der Waals surface area contributed by atoms with Crippen LogP contribution in [0.25, 0.3) is 0 Å². The zero-order valence-corrected chi connectivity index (χ0v) is 12.5. The monoisotopic (exact) mass is 319 g/mol. The van der Waals surface area contributed by atoms with Crippen LogP contribution in [0.5, 0.6) is 11.5 Å². The van der Waals surface area contributed by atoms with Crippen LogP contribution in [0.4, 0.5) is 4.79 Å². The Kier molecular flexibility index (Phi) is 3.83. The molecule has 23 heavy (non-hydrogen) atoms. The third-order valence-corrected chi connectivity index (χ3v) is 3.93. The topological polar surface area (TPSA) is 111 Å². The average Bonchev–Trinajstić information content (AvgIpc) is 2.83. The van der Waals surface area contributed by atoms with Crippen LogP contribution in [0.15, 0.2) is 29.5 Å². The van der Waals surface area contributed by atoms with Gasteiger partial charge in [0.1, 0.15) is 0 Å². The van der Waals surface area contributed by atoms with E-state index in [9.17, 15) is 14.7 Å². The second kappa shape index (κ2) is 5.81. The van der Waals surface area contributed by atoms with Crippen molar-refractivity contribution in [2.75, 3.05) is 26.8 Å². The van der Waals surface area contributed by atoms with Gasteiger partial charge in [-0.1, -0.05) is 6.07 Å². The molecule has 2 aliphatic heterocycles. The number of rotatable bonds is 4. The number of carbonyl (C=O) groups excluding carboxylic acids is 2. The minimum absolute atomic E-state index is 0.0228. The highest BCUT2D eigenvalue weighted by atomic mass is 16.5. The molecule has 0 fully saturated rings. The number of aliphatic hydroxyl groups is 1. The van der Waals surface area contributed by atoms with Crippen LogP contribution in [-0.2, 0) is 4.79 Å². The molecule has 0 aromatic heterocycles. The Morgan fingerprint density at radius 2 is 2.17 bits per heavy atom. The predicted octanol–water partition coefficient (Wildman–Crippen LogP) is -0.157. The minimum Gasteiger partial charge on any atom is -0.504 e. The van der Waals surface area contributed by atoms with Crippen molar-refractivity contribution in [2.24, 2.45) is 0 Å². The van der Waals surface area contributed by atoms with E-state index in [0.717, 1.165) is 0 Å². The lowest BCUT2D eigenvalue weighted by Crippen LogP contribution is -2.44. The Morgan fingerprint density at radius 1 is 1.39 bits per heavy atom. The number of aromatic hydroxyl groups is 1. The van der Waals surface area contributed by atoms with Crippen LogP contribution >= 0.6 is 0 Å². The van der Waals surface area contributed by atoms with Gasteiger partial charge in [0.25, 0.3) is 5.91 Å². The maximum absolute atomic E-state index is 12.5. The Bertz CT molecular complexity index is 700. The largest absolute Gasteiger partial charge is 0.504 e. The van der Waals surface area contributed by atoms with Gasteiger partial charge in [0.15, 0.2) is 11.5 Å². The molecule has 8 nitrogen and oxygen atoms in total. The van der Waals surface area contributed by atoms with Gasteiger partial charge in [0, 0.05) is 6.54 Å². The molecule has 2 aliphatic rings. The van der Waals surface area contributed by atoms with Gasteiger partial charge in [-0.2, -0.15) is 0 Å². The molecule has 0 radical (unpaired) electrons. The fourth-order valence-corrected chi connectivity index (χ4v) is 2.85. The van der Waals surface area contributed by atoms with Crippen molar-refractivity contribution in [3.8, 4) is 11.5 Å². The first-order valence-corrected chi connectivity index (χ1v) is 7.12. The number of phenols is 1. The zero-order chi connectivity index (χ0) is 16.6. The van der Waals surface area contributed by atoms with Gasteiger partial charge >= 0.3 is 6.03 Å². The maximum Gasteiger partial charge on any atom is 0.319 e. The second-order valence-corrected chi connectivity index (χ2v) is 5.31. The number of nitrogens with zero attached hydrogens (tertiary/aromatic N) is 1. The van der Waals surface area contributed by atoms with E-state index in [1.807, 2.05) is 0 Å². The molecule has 122 valence electrons. The molecule has 0 saturated carbocycles. The van der Waals surface area contributed by atoms with Gasteiger partial charge in [0.05, 0.1) is 37.6 Å². The van der Waals surface area contributed by atoms with E-state index in [2.05, 4.69) is 10.6 Å². The number of urea groups is 1. The quantitative estimate of drug-likeness (QED) is 0.616. The number of β-amino-alcohol motifs (C(OH)–C–C–N with tert-alkyl or cyclic N) is 1. The molecule has 3 amide bonds. The molecular weight excluding hydrogens is 302 g/mol. The number of hydrogen-bond acceptors (Lipinski definition) is 5. The van der Waals surface area contributed by atoms with Crippen molar-refractivity contribution >= 4 is 11.9 Å². The molecule has 4 N–H and O–H groups in total. The third-order valence-electron chi connectivity index (χ3n) is 3.93. The highest BCUT2D eigenvalue weighted by Gasteiger charge is 2.40. The third kappa shape index (κ3) is 2.57. The number of phenolic OH excluding ortho intramolecular Hbond substituents is 1. The second-order valence-electron chi connectivity index (χ2n) is 5.31. The number of aliphatic hydroxyl groups excluding tert-OH is 1. The first kappa shape index (κ1) is 15.2. The molecule has 0 bridgehead atoms. The summed E-state index contributed by atoms with van der Waals surface area (Å²) in [6, 6.07) is 3.62. The summed E-state index contributed by atoms with van der Waals surface area (Å²) in [6.07, 6.45) is 0. The molecule has 0 spiro atoms. The van der Waals surface area contributed by atoms with E-state index in [1.165, 1.54) is 18.1 Å². The van der Waals surface area contributed by atoms with Crippen LogP contribution in [0.1, 0.15) is 11.6 Å². The highest BCUT2D eigenvalue weighted by Crippen LogP contribution is 2.36. The number of ether oxygens (including phenoxy) is 1. The van der Waals surface area contributed by atoms with Gasteiger partial charge in [-0.05, 0) is 17.7 Å². The summed E-state index contributed by atoms with van der Waals surface area (Å²) in [5.74, 6) is -0.000877. The number of hydrogen-bond donors (Lipinski definition) is 4. The SMILES string of the molecule is COc1cc([C@@H]2NC(=O)NC3=C2C(=O)N(CCO)C3)ccc1O. The fourth-order valence-electron chi connectivity index (χ4n) is 2.85. The van der Waals surface area contributed by atoms with Crippen LogP contribution in [-0.4, -0.2) is 53.9 Å². The van der Waals surface area contributed by atoms with Gasteiger partial charge in [-0.15, -0.1) is 0 Å². The number of amides is 3. The molecule has 1 atom stereocenters. The fraction of sp³-hybridized carbons (Fsp3) is 0.333. The summed E-state index contributed by atoms with van der Waals surface area (Å²) in [6.45, 7) is 0.312. The van der Waals surface area contributed by atoms with Crippen LogP contribution in [0, 0.1) is 0 Å².